The molecule has 2 rings (SSSR count). The highest BCUT2D eigenvalue weighted by atomic mass is 35.5. The minimum atomic E-state index is -0.428. The second-order valence-electron chi connectivity index (χ2n) is 5.57. The van der Waals surface area contributed by atoms with Crippen molar-refractivity contribution in [3.8, 4) is 0 Å². The molecule has 0 amide bonds. The van der Waals surface area contributed by atoms with Crippen LogP contribution >= 0.6 is 23.2 Å². The third-order valence-corrected chi connectivity index (χ3v) is 4.82. The van der Waals surface area contributed by atoms with E-state index in [1.54, 1.807) is 6.07 Å². The van der Waals surface area contributed by atoms with Crippen LogP contribution in [0.4, 0.5) is 0 Å². The van der Waals surface area contributed by atoms with Crippen LogP contribution in [0.5, 0.6) is 0 Å². The number of hydrogen-bond acceptors (Lipinski definition) is 2. The van der Waals surface area contributed by atoms with Gasteiger partial charge in [0.25, 0.3) is 0 Å². The lowest BCUT2D eigenvalue weighted by Gasteiger charge is -2.34. The van der Waals surface area contributed by atoms with Crippen molar-refractivity contribution in [3.05, 3.63) is 33.8 Å². The lowest BCUT2D eigenvalue weighted by molar-refractivity contribution is -0.128. The van der Waals surface area contributed by atoms with Crippen molar-refractivity contribution in [1.29, 1.82) is 0 Å². The molecule has 0 unspecified atom stereocenters. The Labute approximate surface area is 124 Å². The Morgan fingerprint density at radius 3 is 2.53 bits per heavy atom. The Morgan fingerprint density at radius 2 is 1.89 bits per heavy atom. The number of Topliss-reactive ketones (excluding diaryl/α,β-unsaturated/α-hetero) is 1. The van der Waals surface area contributed by atoms with E-state index in [2.05, 4.69) is 4.90 Å². The topological polar surface area (TPSA) is 20.3 Å². The number of benzene rings is 1. The van der Waals surface area contributed by atoms with Gasteiger partial charge in [-0.2, -0.15) is 0 Å². The molecular weight excluding hydrogens is 281 g/mol. The summed E-state index contributed by atoms with van der Waals surface area (Å²) in [6.07, 6.45) is 2.69. The first-order valence-corrected chi connectivity index (χ1v) is 7.40. The second kappa shape index (κ2) is 5.82. The maximum atomic E-state index is 12.5. The fourth-order valence-corrected chi connectivity index (χ4v) is 2.91. The molecule has 0 aliphatic carbocycles. The first-order chi connectivity index (χ1) is 8.93. The van der Waals surface area contributed by atoms with Gasteiger partial charge in [0.1, 0.15) is 0 Å². The summed E-state index contributed by atoms with van der Waals surface area (Å²) < 4.78 is 0. The number of ketones is 1. The molecular formula is C15H19Cl2NO. The summed E-state index contributed by atoms with van der Waals surface area (Å²) in [4.78, 5) is 14.8. The van der Waals surface area contributed by atoms with Crippen LogP contribution in [-0.4, -0.2) is 29.3 Å². The number of nitrogens with zero attached hydrogens (tertiary/aromatic N) is 1. The summed E-state index contributed by atoms with van der Waals surface area (Å²) in [7, 11) is 0. The summed E-state index contributed by atoms with van der Waals surface area (Å²) in [6.45, 7) is 6.00. The third kappa shape index (κ3) is 3.13. The molecule has 0 saturated carbocycles. The van der Waals surface area contributed by atoms with Crippen LogP contribution in [0.1, 0.15) is 32.3 Å². The minimum Gasteiger partial charge on any atom is -0.297 e. The molecule has 0 aromatic heterocycles. The molecule has 1 fully saturated rings. The smallest absolute Gasteiger partial charge is 0.156 e. The van der Waals surface area contributed by atoms with Crippen LogP contribution in [0.3, 0.4) is 0 Å². The normalized spacial score (nSPS) is 16.8. The molecule has 4 heteroatoms. The van der Waals surface area contributed by atoms with Gasteiger partial charge in [0.2, 0.25) is 0 Å². The fraction of sp³-hybridized carbons (Fsp3) is 0.533. The molecule has 0 N–H and O–H groups in total. The van der Waals surface area contributed by atoms with Gasteiger partial charge in [0.05, 0.1) is 15.6 Å². The summed E-state index contributed by atoms with van der Waals surface area (Å²) >= 11 is 12.1. The SMILES string of the molecule is CC(C)(C(=O)Cc1cccc(Cl)c1Cl)N1CCCC1. The molecule has 0 spiro atoms. The van der Waals surface area contributed by atoms with Crippen molar-refractivity contribution in [2.24, 2.45) is 0 Å². The minimum absolute atomic E-state index is 0.193. The zero-order chi connectivity index (χ0) is 14.0. The Bertz CT molecular complexity index is 479. The number of likely N-dealkylation sites (tertiary alicyclic amines) is 1. The van der Waals surface area contributed by atoms with Crippen molar-refractivity contribution >= 4 is 29.0 Å². The monoisotopic (exact) mass is 299 g/mol. The Morgan fingerprint density at radius 1 is 1.26 bits per heavy atom. The largest absolute Gasteiger partial charge is 0.297 e. The lowest BCUT2D eigenvalue weighted by Crippen LogP contribution is -2.49. The molecule has 0 radical (unpaired) electrons. The highest BCUT2D eigenvalue weighted by Crippen LogP contribution is 2.28. The van der Waals surface area contributed by atoms with E-state index in [4.69, 9.17) is 23.2 Å². The van der Waals surface area contributed by atoms with E-state index in [9.17, 15) is 4.79 Å². The van der Waals surface area contributed by atoms with E-state index < -0.39 is 5.54 Å². The van der Waals surface area contributed by atoms with Crippen LogP contribution < -0.4 is 0 Å². The summed E-state index contributed by atoms with van der Waals surface area (Å²) in [5, 5.41) is 1.00. The predicted octanol–water partition coefficient (Wildman–Crippen LogP) is 3.98. The number of halogens is 2. The quantitative estimate of drug-likeness (QED) is 0.838. The van der Waals surface area contributed by atoms with E-state index in [1.807, 2.05) is 26.0 Å². The first kappa shape index (κ1) is 14.8. The van der Waals surface area contributed by atoms with Crippen molar-refractivity contribution in [2.45, 2.75) is 38.6 Å². The number of carbonyl (C=O) groups excluding carboxylic acids is 1. The van der Waals surface area contributed by atoms with E-state index >= 15 is 0 Å². The van der Waals surface area contributed by atoms with Crippen LogP contribution in [0.2, 0.25) is 10.0 Å². The molecule has 104 valence electrons. The molecule has 1 heterocycles. The molecule has 1 saturated heterocycles. The fourth-order valence-electron chi connectivity index (χ4n) is 2.53. The molecule has 1 aliphatic heterocycles. The van der Waals surface area contributed by atoms with Gasteiger partial charge in [-0.25, -0.2) is 0 Å². The van der Waals surface area contributed by atoms with Crippen LogP contribution in [0, 0.1) is 0 Å². The maximum Gasteiger partial charge on any atom is 0.156 e. The number of rotatable bonds is 4. The molecule has 1 aliphatic rings. The van der Waals surface area contributed by atoms with E-state index in [0.29, 0.717) is 16.5 Å². The van der Waals surface area contributed by atoms with Crippen molar-refractivity contribution in [2.75, 3.05) is 13.1 Å². The zero-order valence-electron chi connectivity index (χ0n) is 11.4. The van der Waals surface area contributed by atoms with Gasteiger partial charge in [-0.3, -0.25) is 9.69 Å². The van der Waals surface area contributed by atoms with Gasteiger partial charge < -0.3 is 0 Å². The van der Waals surface area contributed by atoms with Crippen molar-refractivity contribution < 1.29 is 4.79 Å². The molecule has 19 heavy (non-hydrogen) atoms. The van der Waals surface area contributed by atoms with Crippen molar-refractivity contribution in [3.63, 3.8) is 0 Å². The second-order valence-corrected chi connectivity index (χ2v) is 6.35. The van der Waals surface area contributed by atoms with E-state index in [-0.39, 0.29) is 5.78 Å². The summed E-state index contributed by atoms with van der Waals surface area (Å²) in [5.74, 6) is 0.193. The van der Waals surface area contributed by atoms with Gasteiger partial charge in [-0.15, -0.1) is 0 Å². The standard InChI is InChI=1S/C15H19Cl2NO/c1-15(2,18-8-3-4-9-18)13(19)10-11-6-5-7-12(16)14(11)17/h5-7H,3-4,8-10H2,1-2H3. The van der Waals surface area contributed by atoms with Gasteiger partial charge in [0, 0.05) is 6.42 Å². The molecule has 0 bridgehead atoms. The zero-order valence-corrected chi connectivity index (χ0v) is 12.9. The Balaban J connectivity index is 2.14. The van der Waals surface area contributed by atoms with Gasteiger partial charge in [-0.05, 0) is 51.4 Å². The molecule has 0 atom stereocenters. The number of hydrogen-bond donors (Lipinski definition) is 0. The van der Waals surface area contributed by atoms with Gasteiger partial charge >= 0.3 is 0 Å². The lowest BCUT2D eigenvalue weighted by atomic mass is 9.92. The van der Waals surface area contributed by atoms with Gasteiger partial charge in [0.15, 0.2) is 5.78 Å². The average molecular weight is 300 g/mol. The summed E-state index contributed by atoms with van der Waals surface area (Å²) in [5.41, 5.74) is 0.383. The van der Waals surface area contributed by atoms with Gasteiger partial charge in [-0.1, -0.05) is 35.3 Å². The maximum absolute atomic E-state index is 12.5. The third-order valence-electron chi connectivity index (χ3n) is 3.96. The highest BCUT2D eigenvalue weighted by Gasteiger charge is 2.35. The molecule has 2 nitrogen and oxygen atoms in total. The van der Waals surface area contributed by atoms with E-state index in [0.717, 1.165) is 18.7 Å². The van der Waals surface area contributed by atoms with Crippen LogP contribution in [0.25, 0.3) is 0 Å². The Kier molecular flexibility index (Phi) is 4.54. The predicted molar refractivity (Wildman–Crippen MR) is 80.1 cm³/mol. The number of carbonyl (C=O) groups is 1. The highest BCUT2D eigenvalue weighted by molar-refractivity contribution is 6.42. The molecule has 1 aromatic rings. The first-order valence-electron chi connectivity index (χ1n) is 6.64. The van der Waals surface area contributed by atoms with Crippen LogP contribution in [-0.2, 0) is 11.2 Å². The van der Waals surface area contributed by atoms with E-state index in [1.165, 1.54) is 12.8 Å². The van der Waals surface area contributed by atoms with Crippen molar-refractivity contribution in [1.82, 2.24) is 4.90 Å². The molecule has 1 aromatic carbocycles. The summed E-state index contributed by atoms with van der Waals surface area (Å²) in [6, 6.07) is 5.44. The van der Waals surface area contributed by atoms with Crippen LogP contribution in [0.15, 0.2) is 18.2 Å². The Hall–Kier alpha value is -0.570. The average Bonchev–Trinajstić information content (AvgIpc) is 2.89.